The molecule has 7 heteroatoms. The minimum Gasteiger partial charge on any atom is -0.374 e. The predicted molar refractivity (Wildman–Crippen MR) is 125 cm³/mol. The molecule has 0 fully saturated rings. The second-order valence-corrected chi connectivity index (χ2v) is 10.8. The molecule has 0 bridgehead atoms. The maximum Gasteiger partial charge on any atom is 0.168 e. The molecule has 172 valence electrons. The fourth-order valence-electron chi connectivity index (χ4n) is 4.34. The second-order valence-electron chi connectivity index (χ2n) is 8.49. The minimum atomic E-state index is -3.91. The highest BCUT2D eigenvalue weighted by atomic mass is 32.2. The molecule has 0 saturated carbocycles. The van der Waals surface area contributed by atoms with Crippen molar-refractivity contribution in [3.05, 3.63) is 107 Å². The highest BCUT2D eigenvalue weighted by Crippen LogP contribution is 2.44. The molecule has 1 aliphatic rings. The Morgan fingerprint density at radius 3 is 2.21 bits per heavy atom. The van der Waals surface area contributed by atoms with Gasteiger partial charge < -0.3 is 4.74 Å². The van der Waals surface area contributed by atoms with Gasteiger partial charge in [-0.1, -0.05) is 60.7 Å². The van der Waals surface area contributed by atoms with Crippen LogP contribution in [0.5, 0.6) is 0 Å². The van der Waals surface area contributed by atoms with E-state index < -0.39 is 37.5 Å². The first kappa shape index (κ1) is 23.3. The molecule has 3 aromatic rings. The molecule has 0 radical (unpaired) electrons. The van der Waals surface area contributed by atoms with E-state index in [9.17, 15) is 17.2 Å². The Morgan fingerprint density at radius 1 is 0.939 bits per heavy atom. The van der Waals surface area contributed by atoms with Crippen LogP contribution >= 0.6 is 0 Å². The van der Waals surface area contributed by atoms with Crippen LogP contribution in [0.15, 0.2) is 83.9 Å². The Hall–Kier alpha value is -2.90. The Morgan fingerprint density at radius 2 is 1.58 bits per heavy atom. The first-order valence-corrected chi connectivity index (χ1v) is 12.3. The molecule has 0 saturated heterocycles. The van der Waals surface area contributed by atoms with E-state index in [0.29, 0.717) is 11.3 Å². The molecule has 1 heterocycles. The first-order chi connectivity index (χ1) is 15.7. The number of benzene rings is 3. The van der Waals surface area contributed by atoms with Crippen molar-refractivity contribution >= 4 is 15.5 Å². The number of rotatable bonds is 6. The van der Waals surface area contributed by atoms with Gasteiger partial charge in [-0.3, -0.25) is 4.99 Å². The van der Waals surface area contributed by atoms with Crippen molar-refractivity contribution in [3.8, 4) is 0 Å². The summed E-state index contributed by atoms with van der Waals surface area (Å²) in [6, 6.07) is 20.9. The lowest BCUT2D eigenvalue weighted by atomic mass is 9.89. The van der Waals surface area contributed by atoms with E-state index in [0.717, 1.165) is 5.56 Å². The number of sulfone groups is 1. The van der Waals surface area contributed by atoms with Crippen LogP contribution in [0.2, 0.25) is 0 Å². The molecular weight excluding hydrogens is 444 g/mol. The van der Waals surface area contributed by atoms with E-state index in [1.165, 1.54) is 30.3 Å². The summed E-state index contributed by atoms with van der Waals surface area (Å²) in [5.74, 6) is -1.45. The summed E-state index contributed by atoms with van der Waals surface area (Å²) < 4.78 is 60.5. The number of hydrogen-bond acceptors (Lipinski definition) is 4. The number of ether oxygens (including phenoxy) is 1. The Balaban J connectivity index is 1.79. The first-order valence-electron chi connectivity index (χ1n) is 10.6. The van der Waals surface area contributed by atoms with Crippen molar-refractivity contribution in [3.63, 3.8) is 0 Å². The Bertz CT molecular complexity index is 1280. The largest absolute Gasteiger partial charge is 0.374 e. The molecule has 0 aliphatic carbocycles. The Kier molecular flexibility index (Phi) is 6.20. The molecule has 1 aliphatic heterocycles. The van der Waals surface area contributed by atoms with Crippen LogP contribution < -0.4 is 0 Å². The number of nitrogens with zero attached hydrogens (tertiary/aromatic N) is 1. The van der Waals surface area contributed by atoms with Crippen LogP contribution in [0.3, 0.4) is 0 Å². The van der Waals surface area contributed by atoms with E-state index in [1.54, 1.807) is 32.0 Å². The lowest BCUT2D eigenvalue weighted by molar-refractivity contribution is 0.0781. The van der Waals surface area contributed by atoms with Gasteiger partial charge in [0.05, 0.1) is 19.0 Å². The van der Waals surface area contributed by atoms with E-state index in [1.807, 2.05) is 30.3 Å². The van der Waals surface area contributed by atoms with E-state index >= 15 is 0 Å². The number of aliphatic imine (C=N–C) groups is 1. The SMILES string of the molecule is CC1=N[C@](COCc2ccccc2)(c2ccccc2F)CS(=O)(=O)C1(C)c1ccc(F)cc1. The molecule has 0 aromatic heterocycles. The van der Waals surface area contributed by atoms with Crippen LogP contribution in [0.4, 0.5) is 8.78 Å². The third-order valence-corrected chi connectivity index (χ3v) is 8.98. The highest BCUT2D eigenvalue weighted by Gasteiger charge is 2.54. The molecule has 4 rings (SSSR count). The summed E-state index contributed by atoms with van der Waals surface area (Å²) >= 11 is 0. The summed E-state index contributed by atoms with van der Waals surface area (Å²) in [6.07, 6.45) is 0. The third-order valence-electron chi connectivity index (χ3n) is 6.35. The summed E-state index contributed by atoms with van der Waals surface area (Å²) in [5.41, 5.74) is 0.353. The van der Waals surface area contributed by atoms with Crippen LogP contribution in [0.25, 0.3) is 0 Å². The van der Waals surface area contributed by atoms with E-state index in [2.05, 4.69) is 0 Å². The molecule has 0 N–H and O–H groups in total. The van der Waals surface area contributed by atoms with Gasteiger partial charge in [0, 0.05) is 11.3 Å². The van der Waals surface area contributed by atoms with Gasteiger partial charge in [-0.05, 0) is 43.2 Å². The molecular formula is C26H25F2NO3S. The fourth-order valence-corrected chi connectivity index (χ4v) is 6.55. The number of hydrogen-bond donors (Lipinski definition) is 0. The maximum atomic E-state index is 14.9. The fraction of sp³-hybridized carbons (Fsp3) is 0.269. The summed E-state index contributed by atoms with van der Waals surface area (Å²) in [6.45, 7) is 3.30. The van der Waals surface area contributed by atoms with Crippen LogP contribution in [-0.2, 0) is 31.5 Å². The van der Waals surface area contributed by atoms with Crippen LogP contribution in [-0.4, -0.2) is 26.5 Å². The van der Waals surface area contributed by atoms with Gasteiger partial charge in [0.2, 0.25) is 0 Å². The van der Waals surface area contributed by atoms with E-state index in [-0.39, 0.29) is 18.8 Å². The van der Waals surface area contributed by atoms with Crippen molar-refractivity contribution in [1.29, 1.82) is 0 Å². The van der Waals surface area contributed by atoms with Crippen LogP contribution in [0, 0.1) is 11.6 Å². The van der Waals surface area contributed by atoms with Crippen molar-refractivity contribution < 1.29 is 21.9 Å². The maximum absolute atomic E-state index is 14.9. The minimum absolute atomic E-state index is 0.112. The third kappa shape index (κ3) is 4.23. The molecule has 2 atom stereocenters. The van der Waals surface area contributed by atoms with Gasteiger partial charge in [0.15, 0.2) is 9.84 Å². The average molecular weight is 470 g/mol. The van der Waals surface area contributed by atoms with Crippen LogP contribution in [0.1, 0.15) is 30.5 Å². The topological polar surface area (TPSA) is 55.7 Å². The lowest BCUT2D eigenvalue weighted by Gasteiger charge is -2.42. The monoisotopic (exact) mass is 469 g/mol. The van der Waals surface area contributed by atoms with Gasteiger partial charge in [-0.2, -0.15) is 0 Å². The predicted octanol–water partition coefficient (Wildman–Crippen LogP) is 5.18. The van der Waals surface area contributed by atoms with Gasteiger partial charge in [0.25, 0.3) is 0 Å². The van der Waals surface area contributed by atoms with Gasteiger partial charge >= 0.3 is 0 Å². The van der Waals surface area contributed by atoms with Crippen molar-refractivity contribution in [1.82, 2.24) is 0 Å². The van der Waals surface area contributed by atoms with Gasteiger partial charge in [0.1, 0.15) is 21.9 Å². The molecule has 0 spiro atoms. The van der Waals surface area contributed by atoms with Crippen molar-refractivity contribution in [2.75, 3.05) is 12.4 Å². The van der Waals surface area contributed by atoms with Gasteiger partial charge in [-0.15, -0.1) is 0 Å². The smallest absolute Gasteiger partial charge is 0.168 e. The Labute approximate surface area is 192 Å². The lowest BCUT2D eigenvalue weighted by Crippen LogP contribution is -2.53. The standard InChI is InChI=1S/C26H25F2NO3S/c1-19-25(2,21-12-14-22(27)15-13-21)33(30,31)18-26(29-19,23-10-6-7-11-24(23)28)17-32-16-20-8-4-3-5-9-20/h3-15H,16-18H2,1-2H3/t25?,26-/m0/s1. The zero-order valence-electron chi connectivity index (χ0n) is 18.5. The molecule has 0 amide bonds. The average Bonchev–Trinajstić information content (AvgIpc) is 2.78. The summed E-state index contributed by atoms with van der Waals surface area (Å²) in [4.78, 5) is 4.80. The zero-order valence-corrected chi connectivity index (χ0v) is 19.3. The second kappa shape index (κ2) is 8.80. The quantitative estimate of drug-likeness (QED) is 0.500. The summed E-state index contributed by atoms with van der Waals surface area (Å²) in [7, 11) is -3.91. The summed E-state index contributed by atoms with van der Waals surface area (Å²) in [5, 5.41) is 0. The zero-order chi connectivity index (χ0) is 23.7. The highest BCUT2D eigenvalue weighted by molar-refractivity contribution is 7.93. The normalized spacial score (nSPS) is 24.3. The molecule has 1 unspecified atom stereocenters. The van der Waals surface area contributed by atoms with Gasteiger partial charge in [-0.25, -0.2) is 17.2 Å². The molecule has 4 nitrogen and oxygen atoms in total. The molecule has 3 aromatic carbocycles. The number of halogens is 2. The van der Waals surface area contributed by atoms with Crippen molar-refractivity contribution in [2.45, 2.75) is 30.7 Å². The molecule has 33 heavy (non-hydrogen) atoms. The van der Waals surface area contributed by atoms with Crippen molar-refractivity contribution in [2.24, 2.45) is 4.99 Å². The van der Waals surface area contributed by atoms with E-state index in [4.69, 9.17) is 9.73 Å².